The molecule has 0 aromatic carbocycles. The van der Waals surface area contributed by atoms with Gasteiger partial charge in [-0.2, -0.15) is 11.8 Å². The number of aryl methyl sites for hydroxylation is 1. The van der Waals surface area contributed by atoms with E-state index in [0.29, 0.717) is 12.4 Å². The molecular formula is C16H24N4O3S. The molecule has 0 radical (unpaired) electrons. The quantitative estimate of drug-likeness (QED) is 0.272. The Bertz CT molecular complexity index is 605. The molecule has 0 aliphatic carbocycles. The summed E-state index contributed by atoms with van der Waals surface area (Å²) in [7, 11) is 4.00. The highest BCUT2D eigenvalue weighted by Gasteiger charge is 2.08. The second-order valence-electron chi connectivity index (χ2n) is 5.42. The monoisotopic (exact) mass is 352 g/mol. The highest BCUT2D eigenvalue weighted by molar-refractivity contribution is 7.98. The first-order valence-electron chi connectivity index (χ1n) is 7.49. The van der Waals surface area contributed by atoms with Crippen LogP contribution in [-0.4, -0.2) is 42.8 Å². The molecule has 0 atom stereocenters. The largest absolute Gasteiger partial charge is 0.464 e. The number of hydrogen-bond donors (Lipinski definition) is 2. The van der Waals surface area contributed by atoms with Crippen molar-refractivity contribution in [2.45, 2.75) is 19.2 Å². The van der Waals surface area contributed by atoms with E-state index in [2.05, 4.69) is 27.5 Å². The lowest BCUT2D eigenvalue weighted by Crippen LogP contribution is -2.29. The van der Waals surface area contributed by atoms with Crippen LogP contribution >= 0.6 is 11.8 Å². The summed E-state index contributed by atoms with van der Waals surface area (Å²) < 4.78 is 5.84. The van der Waals surface area contributed by atoms with Crippen molar-refractivity contribution < 1.29 is 9.34 Å². The first-order valence-corrected chi connectivity index (χ1v) is 8.65. The van der Waals surface area contributed by atoms with Gasteiger partial charge in [0.1, 0.15) is 11.5 Å². The molecule has 0 unspecified atom stereocenters. The molecule has 1 heterocycles. The van der Waals surface area contributed by atoms with E-state index in [0.717, 1.165) is 41.3 Å². The lowest BCUT2D eigenvalue weighted by molar-refractivity contribution is -0.404. The van der Waals surface area contributed by atoms with Gasteiger partial charge >= 0.3 is 0 Å². The summed E-state index contributed by atoms with van der Waals surface area (Å²) in [6, 6.07) is 2.07. The molecule has 0 bridgehead atoms. The normalized spacial score (nSPS) is 11.4. The Morgan fingerprint density at radius 2 is 2.29 bits per heavy atom. The molecule has 0 aliphatic heterocycles. The van der Waals surface area contributed by atoms with E-state index in [-0.39, 0.29) is 6.54 Å². The highest BCUT2D eigenvalue weighted by atomic mass is 32.2. The zero-order chi connectivity index (χ0) is 17.9. The molecule has 0 saturated carbocycles. The topological polar surface area (TPSA) is 83.6 Å². The van der Waals surface area contributed by atoms with Crippen molar-refractivity contribution in [2.24, 2.45) is 0 Å². The summed E-state index contributed by atoms with van der Waals surface area (Å²) in [5, 5.41) is 16.3. The van der Waals surface area contributed by atoms with Crippen LogP contribution < -0.4 is 10.6 Å². The van der Waals surface area contributed by atoms with Crippen LogP contribution in [0.25, 0.3) is 0 Å². The van der Waals surface area contributed by atoms with Crippen LogP contribution in [0, 0.1) is 29.4 Å². The van der Waals surface area contributed by atoms with E-state index in [1.807, 2.05) is 21.0 Å². The summed E-state index contributed by atoms with van der Waals surface area (Å²) in [4.78, 5) is 12.1. The first kappa shape index (κ1) is 19.9. The zero-order valence-corrected chi connectivity index (χ0v) is 15.1. The number of furan rings is 1. The number of nitro groups is 1. The Morgan fingerprint density at radius 3 is 2.92 bits per heavy atom. The summed E-state index contributed by atoms with van der Waals surface area (Å²) in [6.45, 7) is 3.65. The standard InChI is InChI=1S/C16H24N4O3S/c1-5-6-17-16(11-20(21)22)18-7-8-24-12-15-13(2)9-14(23-15)10-19(3)4/h1,9,11,17-18H,6-8,10,12H2,2-4H3. The van der Waals surface area contributed by atoms with Crippen LogP contribution in [0.5, 0.6) is 0 Å². The fraction of sp³-hybridized carbons (Fsp3) is 0.500. The molecule has 0 spiro atoms. The SMILES string of the molecule is C#CCNC(=C[N+](=O)[O-])NCCSCc1oc(CN(C)C)cc1C. The highest BCUT2D eigenvalue weighted by Crippen LogP contribution is 2.20. The van der Waals surface area contributed by atoms with Gasteiger partial charge in [0, 0.05) is 12.3 Å². The minimum Gasteiger partial charge on any atom is -0.464 e. The first-order chi connectivity index (χ1) is 11.4. The second kappa shape index (κ2) is 10.6. The maximum absolute atomic E-state index is 10.5. The van der Waals surface area contributed by atoms with Crippen LogP contribution in [0.15, 0.2) is 22.5 Å². The fourth-order valence-electron chi connectivity index (χ4n) is 1.95. The molecule has 1 aromatic heterocycles. The van der Waals surface area contributed by atoms with Gasteiger partial charge in [0.15, 0.2) is 5.82 Å². The molecule has 8 heteroatoms. The molecule has 0 aliphatic rings. The van der Waals surface area contributed by atoms with Crippen molar-refractivity contribution in [1.29, 1.82) is 0 Å². The number of thioether (sulfide) groups is 1. The third kappa shape index (κ3) is 7.94. The van der Waals surface area contributed by atoms with Crippen molar-refractivity contribution in [3.63, 3.8) is 0 Å². The molecule has 24 heavy (non-hydrogen) atoms. The van der Waals surface area contributed by atoms with Crippen LogP contribution in [0.2, 0.25) is 0 Å². The molecule has 1 rings (SSSR count). The van der Waals surface area contributed by atoms with Gasteiger partial charge in [0.2, 0.25) is 0 Å². The number of terminal acetylenes is 1. The number of nitrogens with one attached hydrogen (secondary N) is 2. The van der Waals surface area contributed by atoms with Gasteiger partial charge < -0.3 is 20.0 Å². The van der Waals surface area contributed by atoms with Crippen LogP contribution in [0.3, 0.4) is 0 Å². The molecule has 0 amide bonds. The lowest BCUT2D eigenvalue weighted by Gasteiger charge is -2.09. The summed E-state index contributed by atoms with van der Waals surface area (Å²) >= 11 is 1.70. The second-order valence-corrected chi connectivity index (χ2v) is 6.53. The van der Waals surface area contributed by atoms with Gasteiger partial charge in [-0.1, -0.05) is 5.92 Å². The van der Waals surface area contributed by atoms with Crippen LogP contribution in [0.4, 0.5) is 0 Å². The third-order valence-electron chi connectivity index (χ3n) is 2.95. The smallest absolute Gasteiger partial charge is 0.274 e. The average molecular weight is 352 g/mol. The third-order valence-corrected chi connectivity index (χ3v) is 3.91. The van der Waals surface area contributed by atoms with E-state index in [9.17, 15) is 10.1 Å². The van der Waals surface area contributed by atoms with E-state index >= 15 is 0 Å². The fourth-order valence-corrected chi connectivity index (χ4v) is 2.81. The van der Waals surface area contributed by atoms with Gasteiger partial charge in [0.05, 0.1) is 23.8 Å². The number of hydrogen-bond acceptors (Lipinski definition) is 7. The number of nitrogens with zero attached hydrogens (tertiary/aromatic N) is 2. The molecule has 0 fully saturated rings. The van der Waals surface area contributed by atoms with Crippen molar-refractivity contribution >= 4 is 11.8 Å². The Morgan fingerprint density at radius 1 is 1.54 bits per heavy atom. The Labute approximate surface area is 147 Å². The van der Waals surface area contributed by atoms with Gasteiger partial charge in [-0.25, -0.2) is 0 Å². The summed E-state index contributed by atoms with van der Waals surface area (Å²) in [5.74, 6) is 6.19. The van der Waals surface area contributed by atoms with E-state index in [1.165, 1.54) is 0 Å². The maximum Gasteiger partial charge on any atom is 0.274 e. The Hall–Kier alpha value is -2.11. The van der Waals surface area contributed by atoms with Gasteiger partial charge in [0.25, 0.3) is 6.20 Å². The van der Waals surface area contributed by atoms with Crippen molar-refractivity contribution in [3.8, 4) is 12.3 Å². The van der Waals surface area contributed by atoms with E-state index in [1.54, 1.807) is 11.8 Å². The van der Waals surface area contributed by atoms with Crippen molar-refractivity contribution in [1.82, 2.24) is 15.5 Å². The molecule has 132 valence electrons. The minimum absolute atomic E-state index is 0.236. The van der Waals surface area contributed by atoms with E-state index in [4.69, 9.17) is 10.8 Å². The summed E-state index contributed by atoms with van der Waals surface area (Å²) in [5.41, 5.74) is 1.15. The Balaban J connectivity index is 2.36. The summed E-state index contributed by atoms with van der Waals surface area (Å²) in [6.07, 6.45) is 6.02. The van der Waals surface area contributed by atoms with Crippen molar-refractivity contribution in [3.05, 3.63) is 45.3 Å². The predicted molar refractivity (Wildman–Crippen MR) is 96.9 cm³/mol. The number of rotatable bonds is 11. The average Bonchev–Trinajstić information content (AvgIpc) is 2.82. The lowest BCUT2D eigenvalue weighted by atomic mass is 10.3. The molecular weight excluding hydrogens is 328 g/mol. The van der Waals surface area contributed by atoms with Crippen LogP contribution in [-0.2, 0) is 12.3 Å². The maximum atomic E-state index is 10.5. The van der Waals surface area contributed by atoms with E-state index < -0.39 is 4.92 Å². The molecule has 7 nitrogen and oxygen atoms in total. The molecule has 2 N–H and O–H groups in total. The zero-order valence-electron chi connectivity index (χ0n) is 14.3. The van der Waals surface area contributed by atoms with Gasteiger partial charge in [-0.3, -0.25) is 10.1 Å². The Kier molecular flexibility index (Phi) is 8.83. The molecule has 0 saturated heterocycles. The molecule has 1 aromatic rings. The minimum atomic E-state index is -0.516. The van der Waals surface area contributed by atoms with Gasteiger partial charge in [-0.05, 0) is 32.6 Å². The van der Waals surface area contributed by atoms with Crippen molar-refractivity contribution in [2.75, 3.05) is 32.9 Å². The van der Waals surface area contributed by atoms with Gasteiger partial charge in [-0.15, -0.1) is 6.42 Å². The van der Waals surface area contributed by atoms with Crippen LogP contribution in [0.1, 0.15) is 17.1 Å². The predicted octanol–water partition coefficient (Wildman–Crippen LogP) is 1.77.